The highest BCUT2D eigenvalue weighted by molar-refractivity contribution is 5.87. The fourth-order valence-corrected chi connectivity index (χ4v) is 2.65. The van der Waals surface area contributed by atoms with Crippen LogP contribution in [0.2, 0.25) is 0 Å². The molecule has 0 fully saturated rings. The molecule has 0 aromatic carbocycles. The third-order valence-electron chi connectivity index (χ3n) is 3.43. The Kier molecular flexibility index (Phi) is 3.93. The number of hydrogen-bond acceptors (Lipinski definition) is 4. The molecule has 1 amide bonds. The van der Waals surface area contributed by atoms with Gasteiger partial charge in [-0.15, -0.1) is 0 Å². The van der Waals surface area contributed by atoms with Gasteiger partial charge in [0.1, 0.15) is 5.60 Å². The van der Waals surface area contributed by atoms with Crippen molar-refractivity contribution in [2.75, 3.05) is 6.54 Å². The lowest BCUT2D eigenvalue weighted by molar-refractivity contribution is 0.0169. The number of aromatic nitrogens is 2. The largest absolute Gasteiger partial charge is 0.476 e. The second kappa shape index (κ2) is 5.30. The minimum Gasteiger partial charge on any atom is -0.476 e. The van der Waals surface area contributed by atoms with Crippen molar-refractivity contribution in [3.05, 3.63) is 17.0 Å². The average Bonchev–Trinajstić information content (AvgIpc) is 2.62. The maximum atomic E-state index is 12.4. The van der Waals surface area contributed by atoms with Crippen molar-refractivity contribution in [2.45, 2.75) is 53.2 Å². The molecule has 2 heterocycles. The molecule has 1 aromatic heterocycles. The van der Waals surface area contributed by atoms with E-state index in [2.05, 4.69) is 10.2 Å². The number of hydrogen-bond donors (Lipinski definition) is 2. The van der Waals surface area contributed by atoms with Crippen molar-refractivity contribution in [3.8, 4) is 0 Å². The minimum absolute atomic E-state index is 0.0266. The Labute approximate surface area is 129 Å². The predicted octanol–water partition coefficient (Wildman–Crippen LogP) is 2.43. The van der Waals surface area contributed by atoms with Gasteiger partial charge in [0.2, 0.25) is 0 Å². The number of fused-ring (bicyclic) bond motifs is 1. The molecule has 2 rings (SSSR count). The molecule has 1 aliphatic heterocycles. The number of aromatic amines is 1. The molecule has 122 valence electrons. The lowest BCUT2D eigenvalue weighted by atomic mass is 9.87. The highest BCUT2D eigenvalue weighted by atomic mass is 16.6. The van der Waals surface area contributed by atoms with Gasteiger partial charge in [-0.05, 0) is 32.6 Å². The molecule has 0 atom stereocenters. The zero-order valence-corrected chi connectivity index (χ0v) is 13.7. The molecule has 0 bridgehead atoms. The molecule has 1 aromatic rings. The summed E-state index contributed by atoms with van der Waals surface area (Å²) in [5.41, 5.74) is 0.506. The Balaban J connectivity index is 2.35. The van der Waals surface area contributed by atoms with E-state index in [0.717, 1.165) is 5.69 Å². The van der Waals surface area contributed by atoms with Crippen LogP contribution in [0.5, 0.6) is 0 Å². The Morgan fingerprint density at radius 2 is 2.00 bits per heavy atom. The highest BCUT2D eigenvalue weighted by Gasteiger charge is 2.35. The fraction of sp³-hybridized carbons (Fsp3) is 0.667. The molecule has 0 radical (unpaired) electrons. The number of carboxylic acids is 1. The summed E-state index contributed by atoms with van der Waals surface area (Å²) in [5.74, 6) is -1.10. The summed E-state index contributed by atoms with van der Waals surface area (Å²) in [7, 11) is 0. The molecular weight excluding hydrogens is 286 g/mol. The Bertz CT molecular complexity index is 598. The molecule has 7 nitrogen and oxygen atoms in total. The van der Waals surface area contributed by atoms with Crippen LogP contribution < -0.4 is 0 Å². The van der Waals surface area contributed by atoms with E-state index in [1.54, 1.807) is 25.7 Å². The van der Waals surface area contributed by atoms with Crippen LogP contribution in [-0.4, -0.2) is 44.4 Å². The molecule has 22 heavy (non-hydrogen) atoms. The van der Waals surface area contributed by atoms with Gasteiger partial charge in [0.05, 0.1) is 6.54 Å². The zero-order valence-electron chi connectivity index (χ0n) is 13.7. The molecule has 0 saturated carbocycles. The SMILES string of the molecule is CC1(C)Cc2[nH]nc(C(=O)O)c2CN(C(=O)OC(C)(C)C)C1. The van der Waals surface area contributed by atoms with E-state index in [1.807, 2.05) is 13.8 Å². The molecule has 1 aliphatic rings. The lowest BCUT2D eigenvalue weighted by Crippen LogP contribution is -2.41. The first-order chi connectivity index (χ1) is 9.98. The Morgan fingerprint density at radius 3 is 2.55 bits per heavy atom. The van der Waals surface area contributed by atoms with Gasteiger partial charge in [0, 0.05) is 17.8 Å². The van der Waals surface area contributed by atoms with Gasteiger partial charge in [0.25, 0.3) is 0 Å². The number of rotatable bonds is 1. The number of H-pyrrole nitrogens is 1. The van der Waals surface area contributed by atoms with E-state index in [1.165, 1.54) is 0 Å². The van der Waals surface area contributed by atoms with Crippen LogP contribution in [-0.2, 0) is 17.7 Å². The van der Waals surface area contributed by atoms with Crippen molar-refractivity contribution in [1.82, 2.24) is 15.1 Å². The maximum absolute atomic E-state index is 12.4. The fourth-order valence-electron chi connectivity index (χ4n) is 2.65. The van der Waals surface area contributed by atoms with E-state index in [9.17, 15) is 14.7 Å². The summed E-state index contributed by atoms with van der Waals surface area (Å²) < 4.78 is 5.43. The number of carboxylic acid groups (broad SMARTS) is 1. The summed E-state index contributed by atoms with van der Waals surface area (Å²) in [4.78, 5) is 25.2. The summed E-state index contributed by atoms with van der Waals surface area (Å²) in [6, 6.07) is 0. The maximum Gasteiger partial charge on any atom is 0.410 e. The first-order valence-corrected chi connectivity index (χ1v) is 7.26. The van der Waals surface area contributed by atoms with E-state index < -0.39 is 17.7 Å². The minimum atomic E-state index is -1.10. The number of ether oxygens (including phenoxy) is 1. The second-order valence-electron chi connectivity index (χ2n) is 7.51. The summed E-state index contributed by atoms with van der Waals surface area (Å²) in [6.45, 7) is 10.1. The van der Waals surface area contributed by atoms with Crippen molar-refractivity contribution in [3.63, 3.8) is 0 Å². The zero-order chi connectivity index (χ0) is 16.7. The lowest BCUT2D eigenvalue weighted by Gasteiger charge is -2.31. The molecule has 2 N–H and O–H groups in total. The van der Waals surface area contributed by atoms with Gasteiger partial charge in [-0.1, -0.05) is 13.8 Å². The third kappa shape index (κ3) is 3.58. The summed E-state index contributed by atoms with van der Waals surface area (Å²) in [6.07, 6.45) is 0.188. The molecule has 7 heteroatoms. The Hall–Kier alpha value is -2.05. The van der Waals surface area contributed by atoms with Gasteiger partial charge >= 0.3 is 12.1 Å². The number of nitrogens with one attached hydrogen (secondary N) is 1. The van der Waals surface area contributed by atoms with Crippen LogP contribution in [0.25, 0.3) is 0 Å². The standard InChI is InChI=1S/C15H23N3O4/c1-14(2,3)22-13(21)18-7-9-10(6-15(4,5)8-18)16-17-11(9)12(19)20/h6-8H2,1-5H3,(H,16,17)(H,19,20). The van der Waals surface area contributed by atoms with E-state index in [-0.39, 0.29) is 17.7 Å². The Morgan fingerprint density at radius 1 is 1.36 bits per heavy atom. The predicted molar refractivity (Wildman–Crippen MR) is 79.7 cm³/mol. The van der Waals surface area contributed by atoms with Gasteiger partial charge in [-0.25, -0.2) is 9.59 Å². The molecule has 0 spiro atoms. The van der Waals surface area contributed by atoms with Crippen molar-refractivity contribution in [2.24, 2.45) is 5.41 Å². The van der Waals surface area contributed by atoms with Crippen LogP contribution in [0.3, 0.4) is 0 Å². The van der Waals surface area contributed by atoms with Gasteiger partial charge in [-0.3, -0.25) is 5.10 Å². The molecule has 0 aliphatic carbocycles. The van der Waals surface area contributed by atoms with Crippen LogP contribution in [0.4, 0.5) is 4.79 Å². The van der Waals surface area contributed by atoms with E-state index >= 15 is 0 Å². The van der Waals surface area contributed by atoms with Crippen molar-refractivity contribution >= 4 is 12.1 Å². The number of aromatic carboxylic acids is 1. The molecule has 0 unspecified atom stereocenters. The first-order valence-electron chi connectivity index (χ1n) is 7.26. The van der Waals surface area contributed by atoms with Crippen molar-refractivity contribution < 1.29 is 19.4 Å². The molecule has 0 saturated heterocycles. The normalized spacial score (nSPS) is 17.6. The monoisotopic (exact) mass is 309 g/mol. The number of carbonyl (C=O) groups is 2. The number of amides is 1. The van der Waals surface area contributed by atoms with Crippen molar-refractivity contribution in [1.29, 1.82) is 0 Å². The quantitative estimate of drug-likeness (QED) is 0.830. The number of nitrogens with zero attached hydrogens (tertiary/aromatic N) is 2. The smallest absolute Gasteiger partial charge is 0.410 e. The van der Waals surface area contributed by atoms with Crippen LogP contribution in [0.15, 0.2) is 0 Å². The van der Waals surface area contributed by atoms with Gasteiger partial charge in [0.15, 0.2) is 5.69 Å². The topological polar surface area (TPSA) is 95.5 Å². The van der Waals surface area contributed by atoms with Crippen LogP contribution >= 0.6 is 0 Å². The van der Waals surface area contributed by atoms with Crippen LogP contribution in [0.1, 0.15) is 56.4 Å². The number of carbonyl (C=O) groups excluding carboxylic acids is 1. The highest BCUT2D eigenvalue weighted by Crippen LogP contribution is 2.31. The summed E-state index contributed by atoms with van der Waals surface area (Å²) in [5, 5.41) is 15.9. The van der Waals surface area contributed by atoms with Gasteiger partial charge < -0.3 is 14.7 Å². The van der Waals surface area contributed by atoms with E-state index in [4.69, 9.17) is 4.74 Å². The van der Waals surface area contributed by atoms with Gasteiger partial charge in [-0.2, -0.15) is 5.10 Å². The molecular formula is C15H23N3O4. The first kappa shape index (κ1) is 16.3. The summed E-state index contributed by atoms with van der Waals surface area (Å²) >= 11 is 0. The van der Waals surface area contributed by atoms with E-state index in [0.29, 0.717) is 18.5 Å². The van der Waals surface area contributed by atoms with Crippen LogP contribution in [0, 0.1) is 5.41 Å². The second-order valence-corrected chi connectivity index (χ2v) is 7.51. The third-order valence-corrected chi connectivity index (χ3v) is 3.43. The average molecular weight is 309 g/mol.